The highest BCUT2D eigenvalue weighted by atomic mass is 19.1. The van der Waals surface area contributed by atoms with E-state index in [-0.39, 0.29) is 11.4 Å². The second-order valence-electron chi connectivity index (χ2n) is 6.03. The quantitative estimate of drug-likeness (QED) is 0.635. The summed E-state index contributed by atoms with van der Waals surface area (Å²) in [7, 11) is 0. The second-order valence-corrected chi connectivity index (χ2v) is 6.03. The zero-order chi connectivity index (χ0) is 15.1. The van der Waals surface area contributed by atoms with Gasteiger partial charge in [-0.15, -0.1) is 0 Å². The summed E-state index contributed by atoms with van der Waals surface area (Å²) < 4.78 is 13.7. The molecule has 0 spiro atoms. The van der Waals surface area contributed by atoms with Gasteiger partial charge < -0.3 is 0 Å². The molecule has 0 saturated heterocycles. The molecule has 0 atom stereocenters. The molecule has 0 amide bonds. The third-order valence-corrected chi connectivity index (χ3v) is 4.58. The first kappa shape index (κ1) is 15.8. The molecule has 1 saturated carbocycles. The van der Waals surface area contributed by atoms with Gasteiger partial charge in [-0.05, 0) is 74.5 Å². The van der Waals surface area contributed by atoms with Crippen molar-refractivity contribution in [3.8, 4) is 6.07 Å². The maximum Gasteiger partial charge on any atom is 0.141 e. The molecule has 0 aromatic heterocycles. The minimum Gasteiger partial charge on any atom is -0.206 e. The summed E-state index contributed by atoms with van der Waals surface area (Å²) >= 11 is 0. The van der Waals surface area contributed by atoms with E-state index >= 15 is 0 Å². The average Bonchev–Trinajstić information content (AvgIpc) is 2.52. The number of hydrogen-bond donors (Lipinski definition) is 0. The van der Waals surface area contributed by atoms with E-state index in [9.17, 15) is 4.39 Å². The molecule has 112 valence electrons. The first-order valence-corrected chi connectivity index (χ1v) is 8.09. The zero-order valence-corrected chi connectivity index (χ0v) is 12.8. The van der Waals surface area contributed by atoms with Crippen LogP contribution in [0.3, 0.4) is 0 Å². The van der Waals surface area contributed by atoms with E-state index in [2.05, 4.69) is 19.1 Å². The van der Waals surface area contributed by atoms with Crippen LogP contribution in [0.2, 0.25) is 0 Å². The summed E-state index contributed by atoms with van der Waals surface area (Å²) in [5.41, 5.74) is 1.21. The van der Waals surface area contributed by atoms with Crippen LogP contribution in [0.5, 0.6) is 0 Å². The Labute approximate surface area is 127 Å². The summed E-state index contributed by atoms with van der Waals surface area (Å²) in [6, 6.07) is 6.99. The molecule has 1 aromatic rings. The van der Waals surface area contributed by atoms with E-state index in [0.29, 0.717) is 5.92 Å². The van der Waals surface area contributed by atoms with E-state index in [1.165, 1.54) is 25.7 Å². The summed E-state index contributed by atoms with van der Waals surface area (Å²) in [6.07, 6.45) is 12.9. The number of benzene rings is 1. The van der Waals surface area contributed by atoms with E-state index in [1.807, 2.05) is 12.1 Å². The van der Waals surface area contributed by atoms with E-state index in [4.69, 9.17) is 5.26 Å². The lowest BCUT2D eigenvalue weighted by molar-refractivity contribution is 0.311. The fourth-order valence-electron chi connectivity index (χ4n) is 3.28. The van der Waals surface area contributed by atoms with Crippen LogP contribution in [-0.2, 0) is 0 Å². The van der Waals surface area contributed by atoms with E-state index in [0.717, 1.165) is 30.7 Å². The van der Waals surface area contributed by atoms with Crippen molar-refractivity contribution in [1.82, 2.24) is 0 Å². The van der Waals surface area contributed by atoms with Gasteiger partial charge in [0.25, 0.3) is 0 Å². The fourth-order valence-corrected chi connectivity index (χ4v) is 3.28. The van der Waals surface area contributed by atoms with Crippen LogP contribution in [0.4, 0.5) is 4.39 Å². The van der Waals surface area contributed by atoms with E-state index < -0.39 is 0 Å². The van der Waals surface area contributed by atoms with Crippen LogP contribution in [0, 0.1) is 23.1 Å². The minimum absolute atomic E-state index is 0.148. The number of rotatable bonds is 5. The van der Waals surface area contributed by atoms with Gasteiger partial charge in [0.05, 0.1) is 5.56 Å². The van der Waals surface area contributed by atoms with Crippen molar-refractivity contribution in [2.45, 2.75) is 57.8 Å². The highest BCUT2D eigenvalue weighted by Crippen LogP contribution is 2.37. The summed E-state index contributed by atoms with van der Waals surface area (Å²) in [4.78, 5) is 0. The van der Waals surface area contributed by atoms with Crippen LogP contribution < -0.4 is 0 Å². The van der Waals surface area contributed by atoms with Gasteiger partial charge in [-0.3, -0.25) is 0 Å². The van der Waals surface area contributed by atoms with Gasteiger partial charge >= 0.3 is 0 Å². The van der Waals surface area contributed by atoms with Gasteiger partial charge in [0, 0.05) is 0 Å². The lowest BCUT2D eigenvalue weighted by Gasteiger charge is -2.28. The SMILES string of the molecule is CC/C=C/CCC1CCC(c2ccc(C#N)c(F)c2)CC1. The second kappa shape index (κ2) is 7.98. The van der Waals surface area contributed by atoms with Crippen LogP contribution in [0.25, 0.3) is 0 Å². The molecule has 0 N–H and O–H groups in total. The summed E-state index contributed by atoms with van der Waals surface area (Å²) in [6.45, 7) is 2.17. The van der Waals surface area contributed by atoms with Crippen LogP contribution in [0.15, 0.2) is 30.4 Å². The average molecular weight is 285 g/mol. The molecular weight excluding hydrogens is 261 g/mol. The molecule has 1 aliphatic rings. The Morgan fingerprint density at radius 3 is 2.62 bits per heavy atom. The van der Waals surface area contributed by atoms with Crippen molar-refractivity contribution < 1.29 is 4.39 Å². The maximum absolute atomic E-state index is 13.7. The van der Waals surface area contributed by atoms with Crippen molar-refractivity contribution in [3.63, 3.8) is 0 Å². The standard InChI is InChI=1S/C19H24FN/c1-2-3-4-5-6-15-7-9-16(10-8-15)17-11-12-18(14-21)19(20)13-17/h3-4,11-13,15-16H,2,5-10H2,1H3/b4-3+. The van der Waals surface area contributed by atoms with Crippen molar-refractivity contribution in [1.29, 1.82) is 5.26 Å². The molecule has 0 radical (unpaired) electrons. The molecule has 0 aliphatic heterocycles. The molecule has 21 heavy (non-hydrogen) atoms. The normalized spacial score (nSPS) is 22.3. The van der Waals surface area contributed by atoms with Gasteiger partial charge in [-0.2, -0.15) is 5.26 Å². The lowest BCUT2D eigenvalue weighted by atomic mass is 9.77. The Balaban J connectivity index is 1.85. The first-order chi connectivity index (χ1) is 10.2. The van der Waals surface area contributed by atoms with Gasteiger partial charge in [0.15, 0.2) is 0 Å². The molecule has 2 rings (SSSR count). The van der Waals surface area contributed by atoms with Gasteiger partial charge in [0.1, 0.15) is 11.9 Å². The largest absolute Gasteiger partial charge is 0.206 e. The Bertz CT molecular complexity index is 519. The van der Waals surface area contributed by atoms with Crippen molar-refractivity contribution in [2.75, 3.05) is 0 Å². The molecule has 0 unspecified atom stereocenters. The predicted octanol–water partition coefficient (Wildman–Crippen LogP) is 5.72. The number of hydrogen-bond acceptors (Lipinski definition) is 1. The molecule has 1 nitrogen and oxygen atoms in total. The van der Waals surface area contributed by atoms with Gasteiger partial charge in [-0.1, -0.05) is 25.1 Å². The molecule has 0 heterocycles. The number of halogens is 1. The lowest BCUT2D eigenvalue weighted by Crippen LogP contribution is -2.13. The molecular formula is C19H24FN. The number of nitriles is 1. The Hall–Kier alpha value is -1.62. The Morgan fingerprint density at radius 2 is 2.00 bits per heavy atom. The van der Waals surface area contributed by atoms with Gasteiger partial charge in [-0.25, -0.2) is 4.39 Å². The molecule has 1 fully saturated rings. The predicted molar refractivity (Wildman–Crippen MR) is 84.5 cm³/mol. The monoisotopic (exact) mass is 285 g/mol. The van der Waals surface area contributed by atoms with Crippen LogP contribution in [-0.4, -0.2) is 0 Å². The first-order valence-electron chi connectivity index (χ1n) is 8.09. The third-order valence-electron chi connectivity index (χ3n) is 4.58. The molecule has 0 bridgehead atoms. The fraction of sp³-hybridized carbons (Fsp3) is 0.526. The third kappa shape index (κ3) is 4.43. The molecule has 1 aromatic carbocycles. The van der Waals surface area contributed by atoms with Crippen molar-refractivity contribution in [2.24, 2.45) is 5.92 Å². The van der Waals surface area contributed by atoms with Crippen LogP contribution >= 0.6 is 0 Å². The maximum atomic E-state index is 13.7. The molecule has 2 heteroatoms. The highest BCUT2D eigenvalue weighted by molar-refractivity contribution is 5.34. The summed E-state index contributed by atoms with van der Waals surface area (Å²) in [5, 5.41) is 8.78. The van der Waals surface area contributed by atoms with E-state index in [1.54, 1.807) is 12.1 Å². The highest BCUT2D eigenvalue weighted by Gasteiger charge is 2.22. The number of nitrogens with zero attached hydrogens (tertiary/aromatic N) is 1. The van der Waals surface area contributed by atoms with Crippen molar-refractivity contribution >= 4 is 0 Å². The Kier molecular flexibility index (Phi) is 5.99. The Morgan fingerprint density at radius 1 is 1.24 bits per heavy atom. The van der Waals surface area contributed by atoms with Gasteiger partial charge in [0.2, 0.25) is 0 Å². The van der Waals surface area contributed by atoms with Crippen LogP contribution in [0.1, 0.15) is 68.9 Å². The zero-order valence-electron chi connectivity index (χ0n) is 12.8. The summed E-state index contributed by atoms with van der Waals surface area (Å²) in [5.74, 6) is 0.919. The van der Waals surface area contributed by atoms with Crippen molar-refractivity contribution in [3.05, 3.63) is 47.3 Å². The smallest absolute Gasteiger partial charge is 0.141 e. The molecule has 1 aliphatic carbocycles. The minimum atomic E-state index is -0.373. The topological polar surface area (TPSA) is 23.8 Å². The number of allylic oxidation sites excluding steroid dienone is 2.